The fraction of sp³-hybridized carbons (Fsp3) is 0.611. The van der Waals surface area contributed by atoms with Crippen molar-refractivity contribution in [3.63, 3.8) is 0 Å². The molecule has 4 heteroatoms. The van der Waals surface area contributed by atoms with E-state index in [1.807, 2.05) is 30.3 Å². The fourth-order valence-corrected chi connectivity index (χ4v) is 3.02. The van der Waals surface area contributed by atoms with Crippen LogP contribution in [-0.2, 0) is 16.0 Å². The van der Waals surface area contributed by atoms with E-state index in [9.17, 15) is 9.90 Å². The lowest BCUT2D eigenvalue weighted by molar-refractivity contribution is -0.131. The van der Waals surface area contributed by atoms with E-state index in [1.165, 1.54) is 0 Å². The molecule has 2 N–H and O–H groups in total. The highest BCUT2D eigenvalue weighted by Gasteiger charge is 2.28. The molecule has 0 aliphatic carbocycles. The first kappa shape index (κ1) is 17.0. The normalized spacial score (nSPS) is 23.0. The predicted molar refractivity (Wildman–Crippen MR) is 86.5 cm³/mol. The van der Waals surface area contributed by atoms with Crippen LogP contribution in [0.4, 0.5) is 0 Å². The van der Waals surface area contributed by atoms with Gasteiger partial charge in [0.25, 0.3) is 0 Å². The summed E-state index contributed by atoms with van der Waals surface area (Å²) in [4.78, 5) is 12.4. The predicted octanol–water partition coefficient (Wildman–Crippen LogP) is 2.30. The minimum absolute atomic E-state index is 0.00937. The Morgan fingerprint density at radius 3 is 2.86 bits per heavy atom. The molecule has 1 aromatic rings. The van der Waals surface area contributed by atoms with Crippen molar-refractivity contribution in [2.24, 2.45) is 5.92 Å². The van der Waals surface area contributed by atoms with Gasteiger partial charge in [0.05, 0.1) is 18.8 Å². The Morgan fingerprint density at radius 2 is 2.18 bits per heavy atom. The molecule has 1 fully saturated rings. The third-order valence-electron chi connectivity index (χ3n) is 4.24. The molecular formula is C18H27NO3. The van der Waals surface area contributed by atoms with E-state index in [2.05, 4.69) is 12.2 Å². The van der Waals surface area contributed by atoms with E-state index in [0.717, 1.165) is 31.2 Å². The van der Waals surface area contributed by atoms with Crippen LogP contribution in [-0.4, -0.2) is 36.4 Å². The van der Waals surface area contributed by atoms with Gasteiger partial charge in [-0.05, 0) is 31.2 Å². The monoisotopic (exact) mass is 305 g/mol. The molecule has 3 unspecified atom stereocenters. The Bertz CT molecular complexity index is 447. The van der Waals surface area contributed by atoms with Crippen molar-refractivity contribution in [1.82, 2.24) is 5.32 Å². The van der Waals surface area contributed by atoms with Crippen LogP contribution in [0.2, 0.25) is 0 Å². The van der Waals surface area contributed by atoms with Gasteiger partial charge >= 0.3 is 0 Å². The Hall–Kier alpha value is -1.39. The zero-order chi connectivity index (χ0) is 15.8. The summed E-state index contributed by atoms with van der Waals surface area (Å²) in [6, 6.07) is 9.72. The van der Waals surface area contributed by atoms with Crippen LogP contribution in [0.3, 0.4) is 0 Å². The average molecular weight is 305 g/mol. The van der Waals surface area contributed by atoms with E-state index < -0.39 is 0 Å². The van der Waals surface area contributed by atoms with Crippen LogP contribution < -0.4 is 5.32 Å². The van der Waals surface area contributed by atoms with E-state index in [0.29, 0.717) is 13.0 Å². The number of nitrogens with one attached hydrogen (secondary N) is 1. The zero-order valence-corrected chi connectivity index (χ0v) is 13.3. The van der Waals surface area contributed by atoms with Crippen molar-refractivity contribution >= 4 is 5.91 Å². The van der Waals surface area contributed by atoms with Gasteiger partial charge in [-0.1, -0.05) is 43.7 Å². The van der Waals surface area contributed by atoms with Crippen molar-refractivity contribution in [2.45, 2.75) is 51.2 Å². The number of amides is 1. The van der Waals surface area contributed by atoms with Crippen molar-refractivity contribution < 1.29 is 14.6 Å². The van der Waals surface area contributed by atoms with E-state index in [-0.39, 0.29) is 30.6 Å². The summed E-state index contributed by atoms with van der Waals surface area (Å²) in [5.41, 5.74) is 1.12. The van der Waals surface area contributed by atoms with Crippen LogP contribution >= 0.6 is 0 Å². The van der Waals surface area contributed by atoms with Crippen LogP contribution in [0.5, 0.6) is 0 Å². The second-order valence-corrected chi connectivity index (χ2v) is 6.08. The van der Waals surface area contributed by atoms with Gasteiger partial charge in [-0.15, -0.1) is 0 Å². The number of rotatable bonds is 7. The molecule has 1 aromatic carbocycles. The van der Waals surface area contributed by atoms with E-state index in [1.54, 1.807) is 0 Å². The van der Waals surface area contributed by atoms with Crippen molar-refractivity contribution in [3.05, 3.63) is 35.9 Å². The van der Waals surface area contributed by atoms with Gasteiger partial charge in [0, 0.05) is 12.5 Å². The number of carbonyl (C=O) groups is 1. The molecule has 0 spiro atoms. The minimum atomic E-state index is -0.220. The number of carbonyl (C=O) groups excluding carboxylic acids is 1. The number of hydrogen-bond acceptors (Lipinski definition) is 3. The Morgan fingerprint density at radius 1 is 1.41 bits per heavy atom. The molecule has 0 aromatic heterocycles. The number of benzene rings is 1. The third kappa shape index (κ3) is 5.11. The number of aliphatic hydroxyl groups excluding tert-OH is 1. The lowest BCUT2D eigenvalue weighted by atomic mass is 9.92. The molecule has 1 aliphatic heterocycles. The van der Waals surface area contributed by atoms with Crippen LogP contribution in [0.15, 0.2) is 30.3 Å². The summed E-state index contributed by atoms with van der Waals surface area (Å²) >= 11 is 0. The molecule has 4 nitrogen and oxygen atoms in total. The summed E-state index contributed by atoms with van der Waals surface area (Å²) in [5, 5.41) is 12.5. The molecule has 1 heterocycles. The zero-order valence-electron chi connectivity index (χ0n) is 13.3. The lowest BCUT2D eigenvalue weighted by Gasteiger charge is -2.30. The van der Waals surface area contributed by atoms with Gasteiger partial charge in [-0.2, -0.15) is 0 Å². The SMILES string of the molecule is CCCC1CC(C(=O)NC(CO)Cc2ccccc2)CCO1. The molecule has 0 bridgehead atoms. The molecule has 122 valence electrons. The van der Waals surface area contributed by atoms with Crippen LogP contribution in [0, 0.1) is 5.92 Å². The topological polar surface area (TPSA) is 58.6 Å². The molecule has 22 heavy (non-hydrogen) atoms. The van der Waals surface area contributed by atoms with Gasteiger partial charge in [-0.25, -0.2) is 0 Å². The summed E-state index contributed by atoms with van der Waals surface area (Å²) < 4.78 is 5.70. The Kier molecular flexibility index (Phi) is 6.87. The maximum atomic E-state index is 12.4. The first-order valence-corrected chi connectivity index (χ1v) is 8.29. The van der Waals surface area contributed by atoms with Crippen LogP contribution in [0.1, 0.15) is 38.2 Å². The molecule has 0 saturated carbocycles. The van der Waals surface area contributed by atoms with Crippen LogP contribution in [0.25, 0.3) is 0 Å². The maximum absolute atomic E-state index is 12.4. The third-order valence-corrected chi connectivity index (χ3v) is 4.24. The molecule has 1 aliphatic rings. The average Bonchev–Trinajstić information content (AvgIpc) is 2.55. The molecule has 2 rings (SSSR count). The largest absolute Gasteiger partial charge is 0.394 e. The summed E-state index contributed by atoms with van der Waals surface area (Å²) in [6.07, 6.45) is 4.52. The smallest absolute Gasteiger partial charge is 0.223 e. The summed E-state index contributed by atoms with van der Waals surface area (Å²) in [6.45, 7) is 2.75. The highest BCUT2D eigenvalue weighted by molar-refractivity contribution is 5.79. The lowest BCUT2D eigenvalue weighted by Crippen LogP contribution is -2.44. The second-order valence-electron chi connectivity index (χ2n) is 6.08. The number of hydrogen-bond donors (Lipinski definition) is 2. The summed E-state index contributed by atoms with van der Waals surface area (Å²) in [7, 11) is 0. The van der Waals surface area contributed by atoms with E-state index in [4.69, 9.17) is 4.74 Å². The number of ether oxygens (including phenoxy) is 1. The van der Waals surface area contributed by atoms with Gasteiger partial charge in [-0.3, -0.25) is 4.79 Å². The van der Waals surface area contributed by atoms with Crippen molar-refractivity contribution in [3.8, 4) is 0 Å². The van der Waals surface area contributed by atoms with Crippen molar-refractivity contribution in [2.75, 3.05) is 13.2 Å². The highest BCUT2D eigenvalue weighted by Crippen LogP contribution is 2.23. The Labute approximate surface area is 132 Å². The highest BCUT2D eigenvalue weighted by atomic mass is 16.5. The maximum Gasteiger partial charge on any atom is 0.223 e. The van der Waals surface area contributed by atoms with Gasteiger partial charge < -0.3 is 15.2 Å². The summed E-state index contributed by atoms with van der Waals surface area (Å²) in [5.74, 6) is 0.0644. The van der Waals surface area contributed by atoms with Gasteiger partial charge in [0.15, 0.2) is 0 Å². The molecule has 3 atom stereocenters. The standard InChI is InChI=1S/C18H27NO3/c1-2-6-17-12-15(9-10-22-17)18(21)19-16(13-20)11-14-7-4-3-5-8-14/h3-5,7-8,15-17,20H,2,6,9-13H2,1H3,(H,19,21). The van der Waals surface area contributed by atoms with Gasteiger partial charge in [0.1, 0.15) is 0 Å². The van der Waals surface area contributed by atoms with E-state index >= 15 is 0 Å². The van der Waals surface area contributed by atoms with Crippen molar-refractivity contribution in [1.29, 1.82) is 0 Å². The minimum Gasteiger partial charge on any atom is -0.394 e. The fourth-order valence-electron chi connectivity index (χ4n) is 3.02. The first-order chi connectivity index (χ1) is 10.7. The second kappa shape index (κ2) is 8.91. The Balaban J connectivity index is 1.86. The molecule has 1 saturated heterocycles. The molecule has 1 amide bonds. The molecule has 0 radical (unpaired) electrons. The van der Waals surface area contributed by atoms with Gasteiger partial charge in [0.2, 0.25) is 5.91 Å². The quantitative estimate of drug-likeness (QED) is 0.812. The number of aliphatic hydroxyl groups is 1. The molecular weight excluding hydrogens is 278 g/mol. The first-order valence-electron chi connectivity index (χ1n) is 8.29.